The van der Waals surface area contributed by atoms with Crippen molar-refractivity contribution in [1.29, 1.82) is 0 Å². The zero-order valence-corrected chi connectivity index (χ0v) is 20.5. The van der Waals surface area contributed by atoms with Gasteiger partial charge in [0.15, 0.2) is 5.13 Å². The van der Waals surface area contributed by atoms with Crippen LogP contribution in [0.4, 0.5) is 10.8 Å². The van der Waals surface area contributed by atoms with Crippen LogP contribution in [0.1, 0.15) is 33.9 Å². The van der Waals surface area contributed by atoms with Crippen molar-refractivity contribution in [2.24, 2.45) is 0 Å². The Morgan fingerprint density at radius 1 is 1.03 bits per heavy atom. The molecule has 4 aromatic rings. The molecule has 0 bridgehead atoms. The first-order valence-corrected chi connectivity index (χ1v) is 12.0. The number of rotatable bonds is 4. The Morgan fingerprint density at radius 2 is 1.75 bits per heavy atom. The molecule has 3 aromatic carbocycles. The summed E-state index contributed by atoms with van der Waals surface area (Å²) < 4.78 is 0.848. The van der Waals surface area contributed by atoms with Crippen molar-refractivity contribution >= 4 is 49.8 Å². The molecule has 2 heterocycles. The minimum absolute atomic E-state index is 0.142. The van der Waals surface area contributed by atoms with Crippen molar-refractivity contribution in [3.05, 3.63) is 104 Å². The highest BCUT2D eigenvalue weighted by Crippen LogP contribution is 2.45. The number of anilines is 1. The number of fused-ring (bicyclic) bond motifs is 1. The number of aryl methyl sites for hydroxylation is 3. The van der Waals surface area contributed by atoms with Gasteiger partial charge in [-0.2, -0.15) is 0 Å². The van der Waals surface area contributed by atoms with Crippen LogP contribution in [0.3, 0.4) is 0 Å². The van der Waals surface area contributed by atoms with Crippen molar-refractivity contribution in [2.45, 2.75) is 26.8 Å². The van der Waals surface area contributed by atoms with E-state index in [-0.39, 0.29) is 22.2 Å². The number of Topliss-reactive ketones (excluding diaryl/α,β-unsaturated/α-hetero) is 1. The number of hydrogen-bond acceptors (Lipinski definition) is 7. The van der Waals surface area contributed by atoms with E-state index in [1.54, 1.807) is 30.3 Å². The van der Waals surface area contributed by atoms with Crippen molar-refractivity contribution in [3.63, 3.8) is 0 Å². The number of hydrogen-bond donors (Lipinski definition) is 1. The summed E-state index contributed by atoms with van der Waals surface area (Å²) in [6, 6.07) is 15.5. The highest BCUT2D eigenvalue weighted by Gasteiger charge is 2.48. The van der Waals surface area contributed by atoms with Gasteiger partial charge in [-0.25, -0.2) is 4.98 Å². The molecule has 36 heavy (non-hydrogen) atoms. The summed E-state index contributed by atoms with van der Waals surface area (Å²) in [5.74, 6) is -2.08. The molecule has 8 nitrogen and oxygen atoms in total. The number of ketones is 1. The van der Waals surface area contributed by atoms with Crippen LogP contribution in [0.15, 0.2) is 66.2 Å². The monoisotopic (exact) mass is 499 g/mol. The summed E-state index contributed by atoms with van der Waals surface area (Å²) in [5.41, 5.74) is 3.98. The highest BCUT2D eigenvalue weighted by atomic mass is 32.1. The summed E-state index contributed by atoms with van der Waals surface area (Å²) in [6.07, 6.45) is 0. The number of nitrogens with zero attached hydrogens (tertiary/aromatic N) is 3. The van der Waals surface area contributed by atoms with Gasteiger partial charge in [-0.3, -0.25) is 24.6 Å². The minimum atomic E-state index is -1.09. The van der Waals surface area contributed by atoms with Gasteiger partial charge in [-0.05, 0) is 43.5 Å². The molecule has 1 aromatic heterocycles. The molecular formula is C27H21N3O5S. The molecule has 0 aliphatic carbocycles. The number of nitro benzene ring substituents is 1. The van der Waals surface area contributed by atoms with Gasteiger partial charge in [-0.15, -0.1) is 0 Å². The molecule has 180 valence electrons. The first kappa shape index (κ1) is 23.4. The summed E-state index contributed by atoms with van der Waals surface area (Å²) >= 11 is 1.25. The number of aromatic nitrogens is 1. The zero-order chi connectivity index (χ0) is 25.7. The van der Waals surface area contributed by atoms with E-state index in [1.165, 1.54) is 34.4 Å². The van der Waals surface area contributed by atoms with E-state index < -0.39 is 22.7 Å². The van der Waals surface area contributed by atoms with Gasteiger partial charge in [0, 0.05) is 17.7 Å². The molecular weight excluding hydrogens is 478 g/mol. The van der Waals surface area contributed by atoms with Crippen molar-refractivity contribution in [2.75, 3.05) is 4.90 Å². The number of nitro groups is 1. The topological polar surface area (TPSA) is 114 Å². The van der Waals surface area contributed by atoms with Crippen LogP contribution in [0.25, 0.3) is 16.0 Å². The Morgan fingerprint density at radius 3 is 2.44 bits per heavy atom. The molecule has 1 unspecified atom stereocenters. The van der Waals surface area contributed by atoms with Gasteiger partial charge in [0.1, 0.15) is 5.76 Å². The maximum absolute atomic E-state index is 13.4. The lowest BCUT2D eigenvalue weighted by Crippen LogP contribution is -2.29. The second-order valence-electron chi connectivity index (χ2n) is 8.81. The average molecular weight is 500 g/mol. The van der Waals surface area contributed by atoms with Crippen molar-refractivity contribution in [1.82, 2.24) is 4.98 Å². The van der Waals surface area contributed by atoms with Crippen molar-refractivity contribution < 1.29 is 19.6 Å². The molecule has 5 rings (SSSR count). The summed E-state index contributed by atoms with van der Waals surface area (Å²) in [7, 11) is 0. The first-order chi connectivity index (χ1) is 17.2. The quantitative estimate of drug-likeness (QED) is 0.126. The number of benzene rings is 3. The Kier molecular flexibility index (Phi) is 5.64. The molecule has 1 atom stereocenters. The number of thiazole rings is 1. The van der Waals surface area contributed by atoms with Gasteiger partial charge in [-0.1, -0.05) is 59.4 Å². The Labute approximate surface area is 210 Å². The number of amides is 1. The first-order valence-electron chi connectivity index (χ1n) is 11.2. The van der Waals surface area contributed by atoms with E-state index in [4.69, 9.17) is 0 Å². The van der Waals surface area contributed by atoms with Crippen LogP contribution in [-0.2, 0) is 9.59 Å². The number of carbonyl (C=O) groups excluding carboxylic acids is 2. The summed E-state index contributed by atoms with van der Waals surface area (Å²) in [5, 5.41) is 23.0. The van der Waals surface area contributed by atoms with E-state index in [9.17, 15) is 24.8 Å². The third kappa shape index (κ3) is 3.83. The normalized spacial score (nSPS) is 17.2. The molecule has 0 saturated carbocycles. The fourth-order valence-electron chi connectivity index (χ4n) is 4.48. The lowest BCUT2D eigenvalue weighted by atomic mass is 9.95. The van der Waals surface area contributed by atoms with Gasteiger partial charge in [0.2, 0.25) is 0 Å². The van der Waals surface area contributed by atoms with Gasteiger partial charge < -0.3 is 5.11 Å². The maximum Gasteiger partial charge on any atom is 0.301 e. The lowest BCUT2D eigenvalue weighted by Gasteiger charge is -2.22. The molecule has 1 aliphatic heterocycles. The van der Waals surface area contributed by atoms with Gasteiger partial charge in [0.25, 0.3) is 11.5 Å². The SMILES string of the molecule is Cc1ccc(/C(O)=C2\C(=O)C(=O)N(c3nc4c(C)cc(C)cc4s3)C2c2cccc([N+](=O)[O-])c2)cc1. The minimum Gasteiger partial charge on any atom is -0.507 e. The fourth-order valence-corrected chi connectivity index (χ4v) is 5.65. The molecule has 1 fully saturated rings. The number of aliphatic hydroxyl groups is 1. The van der Waals surface area contributed by atoms with E-state index in [0.29, 0.717) is 16.6 Å². The summed E-state index contributed by atoms with van der Waals surface area (Å²) in [6.45, 7) is 5.77. The molecule has 0 radical (unpaired) electrons. The Bertz CT molecular complexity index is 1600. The predicted molar refractivity (Wildman–Crippen MR) is 138 cm³/mol. The van der Waals surface area contributed by atoms with Crippen LogP contribution in [0.2, 0.25) is 0 Å². The van der Waals surface area contributed by atoms with Crippen LogP contribution in [0.5, 0.6) is 0 Å². The molecule has 1 aliphatic rings. The van der Waals surface area contributed by atoms with Gasteiger partial charge >= 0.3 is 5.91 Å². The third-order valence-corrected chi connectivity index (χ3v) is 7.19. The van der Waals surface area contributed by atoms with E-state index in [2.05, 4.69) is 4.98 Å². The molecule has 1 N–H and O–H groups in total. The molecule has 1 saturated heterocycles. The average Bonchev–Trinajstić information content (AvgIpc) is 3.38. The zero-order valence-electron chi connectivity index (χ0n) is 19.7. The van der Waals surface area contributed by atoms with Crippen LogP contribution in [-0.4, -0.2) is 26.7 Å². The number of aliphatic hydroxyl groups excluding tert-OH is 1. The fraction of sp³-hybridized carbons (Fsp3) is 0.148. The third-order valence-electron chi connectivity index (χ3n) is 6.19. The maximum atomic E-state index is 13.4. The van der Waals surface area contributed by atoms with Crippen LogP contribution < -0.4 is 4.90 Å². The van der Waals surface area contributed by atoms with E-state index in [1.807, 2.05) is 32.9 Å². The highest BCUT2D eigenvalue weighted by molar-refractivity contribution is 7.22. The predicted octanol–water partition coefficient (Wildman–Crippen LogP) is 5.76. The standard InChI is InChI=1S/C27H21N3O5S/c1-14-7-9-17(10-8-14)24(31)21-23(18-5-4-6-19(13-18)30(34)35)29(26(33)25(21)32)27-28-22-16(3)11-15(2)12-20(22)36-27/h4-13,23,31H,1-3H3/b24-21+. The smallest absolute Gasteiger partial charge is 0.301 e. The second-order valence-corrected chi connectivity index (χ2v) is 9.82. The van der Waals surface area contributed by atoms with E-state index >= 15 is 0 Å². The largest absolute Gasteiger partial charge is 0.507 e. The van der Waals surface area contributed by atoms with Gasteiger partial charge in [0.05, 0.1) is 26.8 Å². The lowest BCUT2D eigenvalue weighted by molar-refractivity contribution is -0.384. The molecule has 9 heteroatoms. The van der Waals surface area contributed by atoms with Crippen molar-refractivity contribution in [3.8, 4) is 0 Å². The molecule has 0 spiro atoms. The second kappa shape index (κ2) is 8.69. The number of non-ortho nitro benzene ring substituents is 1. The number of carbonyl (C=O) groups is 2. The Balaban J connectivity index is 1.76. The van der Waals surface area contributed by atoms with E-state index in [0.717, 1.165) is 21.4 Å². The van der Waals surface area contributed by atoms with Crippen LogP contribution in [0, 0.1) is 30.9 Å². The molecule has 1 amide bonds. The Hall–Kier alpha value is -4.37. The van der Waals surface area contributed by atoms with Crippen LogP contribution >= 0.6 is 11.3 Å². The summed E-state index contributed by atoms with van der Waals surface area (Å²) in [4.78, 5) is 43.6.